The molecule has 30 heavy (non-hydrogen) atoms. The normalized spacial score (nSPS) is 10.4. The maximum absolute atomic E-state index is 13.2. The molecular formula is C21H18FN3O5. The third-order valence-electron chi connectivity index (χ3n) is 4.07. The lowest BCUT2D eigenvalue weighted by Gasteiger charge is -2.12. The van der Waals surface area contributed by atoms with E-state index in [4.69, 9.17) is 9.47 Å². The van der Waals surface area contributed by atoms with Crippen molar-refractivity contribution in [3.63, 3.8) is 0 Å². The summed E-state index contributed by atoms with van der Waals surface area (Å²) in [4.78, 5) is 37.5. The molecule has 0 bridgehead atoms. The lowest BCUT2D eigenvalue weighted by Crippen LogP contribution is -2.27. The predicted octanol–water partition coefficient (Wildman–Crippen LogP) is 2.81. The molecule has 0 radical (unpaired) electrons. The Kier molecular flexibility index (Phi) is 6.21. The first-order valence-corrected chi connectivity index (χ1v) is 8.95. The summed E-state index contributed by atoms with van der Waals surface area (Å²) < 4.78 is 24.2. The van der Waals surface area contributed by atoms with Crippen LogP contribution in [0.15, 0.2) is 59.4 Å². The summed E-state index contributed by atoms with van der Waals surface area (Å²) in [5, 5.41) is 6.55. The fourth-order valence-electron chi connectivity index (χ4n) is 2.61. The molecule has 8 nitrogen and oxygen atoms in total. The molecule has 0 aliphatic rings. The Balaban J connectivity index is 2.00. The zero-order chi connectivity index (χ0) is 21.7. The van der Waals surface area contributed by atoms with Crippen molar-refractivity contribution in [2.24, 2.45) is 0 Å². The van der Waals surface area contributed by atoms with Gasteiger partial charge < -0.3 is 14.8 Å². The number of nitrogens with one attached hydrogen (secondary N) is 1. The number of benzene rings is 2. The molecule has 0 saturated heterocycles. The highest BCUT2D eigenvalue weighted by molar-refractivity contribution is 6.07. The number of carbonyl (C=O) groups excluding carboxylic acids is 2. The lowest BCUT2D eigenvalue weighted by molar-refractivity contribution is 0.0518. The Hall–Kier alpha value is -4.01. The van der Waals surface area contributed by atoms with E-state index >= 15 is 0 Å². The van der Waals surface area contributed by atoms with E-state index in [2.05, 4.69) is 10.4 Å². The summed E-state index contributed by atoms with van der Waals surface area (Å²) in [6.45, 7) is 1.69. The Bertz CT molecular complexity index is 1120. The molecule has 0 fully saturated rings. The van der Waals surface area contributed by atoms with E-state index < -0.39 is 23.3 Å². The number of esters is 1. The van der Waals surface area contributed by atoms with Gasteiger partial charge in [-0.15, -0.1) is 0 Å². The van der Waals surface area contributed by atoms with E-state index in [1.54, 1.807) is 19.1 Å². The minimum Gasteiger partial charge on any atom is -0.497 e. The van der Waals surface area contributed by atoms with Gasteiger partial charge in [-0.1, -0.05) is 0 Å². The standard InChI is InChI=1S/C21H18FN3O5/c1-3-30-21(28)19-17(23-20(27)13-4-10-16(29-2)11-5-13)12-18(26)25(24-19)15-8-6-14(22)7-9-15/h4-12H,3H2,1-2H3,(H,23,27). The molecule has 1 amide bonds. The third kappa shape index (κ3) is 4.52. The van der Waals surface area contributed by atoms with Gasteiger partial charge >= 0.3 is 5.97 Å². The maximum Gasteiger partial charge on any atom is 0.360 e. The average molecular weight is 411 g/mol. The molecule has 0 unspecified atom stereocenters. The second kappa shape index (κ2) is 8.99. The fraction of sp³-hybridized carbons (Fsp3) is 0.143. The molecule has 0 saturated carbocycles. The molecule has 154 valence electrons. The number of amides is 1. The van der Waals surface area contributed by atoms with Crippen molar-refractivity contribution in [3.05, 3.63) is 82.0 Å². The van der Waals surface area contributed by atoms with Crippen LogP contribution in [0.4, 0.5) is 10.1 Å². The smallest absolute Gasteiger partial charge is 0.360 e. The van der Waals surface area contributed by atoms with E-state index in [0.717, 1.165) is 22.9 Å². The van der Waals surface area contributed by atoms with Gasteiger partial charge in [-0.25, -0.2) is 9.18 Å². The molecule has 3 rings (SSSR count). The second-order valence-corrected chi connectivity index (χ2v) is 6.04. The number of carbonyl (C=O) groups is 2. The van der Waals surface area contributed by atoms with Gasteiger partial charge in [0.05, 0.1) is 25.1 Å². The number of nitrogens with zero attached hydrogens (tertiary/aromatic N) is 2. The monoisotopic (exact) mass is 411 g/mol. The summed E-state index contributed by atoms with van der Waals surface area (Å²) in [6, 6.07) is 12.3. The van der Waals surface area contributed by atoms with Crippen LogP contribution in [0.5, 0.6) is 5.75 Å². The highest BCUT2D eigenvalue weighted by Gasteiger charge is 2.20. The number of hydrogen-bond acceptors (Lipinski definition) is 6. The van der Waals surface area contributed by atoms with Crippen molar-refractivity contribution in [1.82, 2.24) is 9.78 Å². The van der Waals surface area contributed by atoms with E-state index in [-0.39, 0.29) is 29.2 Å². The summed E-state index contributed by atoms with van der Waals surface area (Å²) >= 11 is 0. The molecule has 9 heteroatoms. The van der Waals surface area contributed by atoms with E-state index in [1.165, 1.54) is 31.4 Å². The van der Waals surface area contributed by atoms with Gasteiger partial charge in [0.1, 0.15) is 11.6 Å². The first-order valence-electron chi connectivity index (χ1n) is 8.95. The van der Waals surface area contributed by atoms with Crippen LogP contribution in [-0.2, 0) is 4.74 Å². The van der Waals surface area contributed by atoms with Crippen LogP contribution >= 0.6 is 0 Å². The highest BCUT2D eigenvalue weighted by atomic mass is 19.1. The summed E-state index contributed by atoms with van der Waals surface area (Å²) in [5.41, 5.74) is -0.451. The number of ether oxygens (including phenoxy) is 2. The van der Waals surface area contributed by atoms with Gasteiger partial charge in [-0.3, -0.25) is 9.59 Å². The summed E-state index contributed by atoms with van der Waals surface area (Å²) in [7, 11) is 1.50. The summed E-state index contributed by atoms with van der Waals surface area (Å²) in [6.07, 6.45) is 0. The van der Waals surface area contributed by atoms with Crippen LogP contribution in [0.3, 0.4) is 0 Å². The third-order valence-corrected chi connectivity index (χ3v) is 4.07. The van der Waals surface area contributed by atoms with E-state index in [1.807, 2.05) is 0 Å². The number of anilines is 1. The number of halogens is 1. The minimum atomic E-state index is -0.821. The van der Waals surface area contributed by atoms with Crippen molar-refractivity contribution in [2.75, 3.05) is 19.0 Å². The molecule has 2 aromatic carbocycles. The topological polar surface area (TPSA) is 99.5 Å². The zero-order valence-corrected chi connectivity index (χ0v) is 16.2. The quantitative estimate of drug-likeness (QED) is 0.626. The zero-order valence-electron chi connectivity index (χ0n) is 16.2. The first-order chi connectivity index (χ1) is 14.4. The van der Waals surface area contributed by atoms with E-state index in [0.29, 0.717) is 5.75 Å². The molecule has 0 aliphatic carbocycles. The summed E-state index contributed by atoms with van der Waals surface area (Å²) in [5.74, 6) is -1.29. The molecule has 3 aromatic rings. The SMILES string of the molecule is CCOC(=O)c1nn(-c2ccc(F)cc2)c(=O)cc1NC(=O)c1ccc(OC)cc1. The van der Waals surface area contributed by atoms with Gasteiger partial charge in [0, 0.05) is 11.6 Å². The highest BCUT2D eigenvalue weighted by Crippen LogP contribution is 2.17. The molecular weight excluding hydrogens is 393 g/mol. The van der Waals surface area contributed by atoms with Gasteiger partial charge in [0.15, 0.2) is 5.69 Å². The molecule has 0 spiro atoms. The number of aromatic nitrogens is 2. The Morgan fingerprint density at radius 1 is 1.10 bits per heavy atom. The van der Waals surface area contributed by atoms with Crippen molar-refractivity contribution >= 4 is 17.6 Å². The lowest BCUT2D eigenvalue weighted by atomic mass is 10.2. The number of rotatable bonds is 6. The maximum atomic E-state index is 13.2. The van der Waals surface area contributed by atoms with Crippen LogP contribution in [0.2, 0.25) is 0 Å². The van der Waals surface area contributed by atoms with Crippen molar-refractivity contribution in [1.29, 1.82) is 0 Å². The molecule has 0 atom stereocenters. The van der Waals surface area contributed by atoms with Gasteiger partial charge in [0.25, 0.3) is 11.5 Å². The molecule has 1 heterocycles. The second-order valence-electron chi connectivity index (χ2n) is 6.04. The Labute approximate surface area is 170 Å². The van der Waals surface area contributed by atoms with Crippen LogP contribution in [-0.4, -0.2) is 35.4 Å². The molecule has 1 N–H and O–H groups in total. The van der Waals surface area contributed by atoms with Crippen LogP contribution < -0.4 is 15.6 Å². The van der Waals surface area contributed by atoms with Gasteiger partial charge in [-0.2, -0.15) is 9.78 Å². The van der Waals surface area contributed by atoms with Gasteiger partial charge in [0.2, 0.25) is 0 Å². The van der Waals surface area contributed by atoms with Crippen molar-refractivity contribution < 1.29 is 23.5 Å². The van der Waals surface area contributed by atoms with Crippen LogP contribution in [0.1, 0.15) is 27.8 Å². The van der Waals surface area contributed by atoms with Crippen LogP contribution in [0.25, 0.3) is 5.69 Å². The molecule has 0 aliphatic heterocycles. The van der Waals surface area contributed by atoms with Gasteiger partial charge in [-0.05, 0) is 55.5 Å². The number of hydrogen-bond donors (Lipinski definition) is 1. The largest absolute Gasteiger partial charge is 0.497 e. The Morgan fingerprint density at radius 2 is 1.77 bits per heavy atom. The first kappa shape index (κ1) is 20.7. The number of methoxy groups -OCH3 is 1. The minimum absolute atomic E-state index is 0.0715. The van der Waals surface area contributed by atoms with E-state index in [9.17, 15) is 18.8 Å². The van der Waals surface area contributed by atoms with Crippen LogP contribution in [0, 0.1) is 5.82 Å². The molecule has 1 aromatic heterocycles. The fourth-order valence-corrected chi connectivity index (χ4v) is 2.61. The Morgan fingerprint density at radius 3 is 2.37 bits per heavy atom. The van der Waals surface area contributed by atoms with Crippen molar-refractivity contribution in [2.45, 2.75) is 6.92 Å². The predicted molar refractivity (Wildman–Crippen MR) is 107 cm³/mol. The van der Waals surface area contributed by atoms with Crippen molar-refractivity contribution in [3.8, 4) is 11.4 Å². The average Bonchev–Trinajstić information content (AvgIpc) is 2.75.